The molecule has 1 aliphatic heterocycles. The summed E-state index contributed by atoms with van der Waals surface area (Å²) in [4.78, 5) is 27.3. The van der Waals surface area contributed by atoms with Crippen LogP contribution < -0.4 is 19.5 Å². The van der Waals surface area contributed by atoms with Crippen LogP contribution in [0.2, 0.25) is 0 Å². The highest BCUT2D eigenvalue weighted by molar-refractivity contribution is 7.89. The number of imide groups is 1. The first-order valence-electron chi connectivity index (χ1n) is 11.7. The number of carbonyl (C=O) groups excluding carboxylic acids is 2. The Morgan fingerprint density at radius 3 is 1.85 bits per heavy atom. The van der Waals surface area contributed by atoms with Crippen LogP contribution in [0.15, 0.2) is 82.6 Å². The van der Waals surface area contributed by atoms with E-state index in [1.807, 2.05) is 0 Å². The van der Waals surface area contributed by atoms with Crippen LogP contribution in [0, 0.1) is 0 Å². The number of ether oxygens (including phenoxy) is 2. The first kappa shape index (κ1) is 28.2. The number of sulfonamides is 2. The Balaban J connectivity index is 1.67. The molecule has 4 rings (SSSR count). The van der Waals surface area contributed by atoms with Gasteiger partial charge in [-0.25, -0.2) is 26.9 Å². The standard InChI is InChI=1S/C26H27N3O8S2/c1-36-20-7-5-19(6-8-20)29-25(30)17-24(26(29)31)28(39(34,35)23-13-9-21(37-2)10-14-23)16-15-18-3-11-22(12-4-18)38(27,32)33/h3-14,24H,15-17H2,1-2H3,(H2,27,32,33). The lowest BCUT2D eigenvalue weighted by Crippen LogP contribution is -2.46. The van der Waals surface area contributed by atoms with E-state index in [-0.39, 0.29) is 29.2 Å². The summed E-state index contributed by atoms with van der Waals surface area (Å²) in [6, 6.07) is 16.4. The molecule has 0 aromatic heterocycles. The van der Waals surface area contributed by atoms with Crippen molar-refractivity contribution in [1.82, 2.24) is 4.31 Å². The molecule has 1 unspecified atom stereocenters. The zero-order valence-corrected chi connectivity index (χ0v) is 22.8. The van der Waals surface area contributed by atoms with Crippen LogP contribution in [-0.4, -0.2) is 59.8 Å². The molecule has 1 fully saturated rings. The summed E-state index contributed by atoms with van der Waals surface area (Å²) in [7, 11) is -5.19. The second kappa shape index (κ2) is 11.1. The molecule has 13 heteroatoms. The third kappa shape index (κ3) is 5.96. The lowest BCUT2D eigenvalue weighted by atomic mass is 10.1. The topological polar surface area (TPSA) is 153 Å². The fourth-order valence-corrected chi connectivity index (χ4v) is 6.35. The zero-order chi connectivity index (χ0) is 28.4. The van der Waals surface area contributed by atoms with Crippen LogP contribution in [0.5, 0.6) is 11.5 Å². The van der Waals surface area contributed by atoms with Crippen molar-refractivity contribution in [2.75, 3.05) is 25.7 Å². The van der Waals surface area contributed by atoms with Gasteiger partial charge in [-0.15, -0.1) is 0 Å². The molecule has 0 saturated carbocycles. The second-order valence-electron chi connectivity index (χ2n) is 8.72. The maximum Gasteiger partial charge on any atom is 0.252 e. The third-order valence-corrected chi connectivity index (χ3v) is 9.19. The summed E-state index contributed by atoms with van der Waals surface area (Å²) in [6.07, 6.45) is -0.203. The summed E-state index contributed by atoms with van der Waals surface area (Å²) in [5, 5.41) is 5.15. The van der Waals surface area contributed by atoms with Gasteiger partial charge in [0, 0.05) is 6.54 Å². The van der Waals surface area contributed by atoms with Gasteiger partial charge in [-0.3, -0.25) is 9.59 Å². The molecule has 11 nitrogen and oxygen atoms in total. The largest absolute Gasteiger partial charge is 0.497 e. The van der Waals surface area contributed by atoms with Crippen molar-refractivity contribution < 1.29 is 35.9 Å². The Bertz CT molecular complexity index is 1570. The molecule has 2 N–H and O–H groups in total. The van der Waals surface area contributed by atoms with Gasteiger partial charge >= 0.3 is 0 Å². The van der Waals surface area contributed by atoms with Crippen LogP contribution in [0.3, 0.4) is 0 Å². The van der Waals surface area contributed by atoms with Crippen LogP contribution >= 0.6 is 0 Å². The van der Waals surface area contributed by atoms with Gasteiger partial charge < -0.3 is 9.47 Å². The number of carbonyl (C=O) groups is 2. The minimum absolute atomic E-state index is 0.0731. The maximum atomic E-state index is 13.8. The summed E-state index contributed by atoms with van der Waals surface area (Å²) in [5.74, 6) is -0.228. The third-order valence-electron chi connectivity index (χ3n) is 6.34. The van der Waals surface area contributed by atoms with Crippen LogP contribution in [-0.2, 0) is 36.1 Å². The van der Waals surface area contributed by atoms with E-state index in [9.17, 15) is 26.4 Å². The highest BCUT2D eigenvalue weighted by atomic mass is 32.2. The van der Waals surface area contributed by atoms with E-state index >= 15 is 0 Å². The van der Waals surface area contributed by atoms with Crippen LogP contribution in [0.25, 0.3) is 0 Å². The predicted molar refractivity (Wildman–Crippen MR) is 142 cm³/mol. The van der Waals surface area contributed by atoms with Crippen molar-refractivity contribution in [2.24, 2.45) is 5.14 Å². The molecule has 1 atom stereocenters. The number of hydrogen-bond acceptors (Lipinski definition) is 8. The maximum absolute atomic E-state index is 13.8. The minimum atomic E-state index is -4.24. The van der Waals surface area contributed by atoms with Gasteiger partial charge in [-0.2, -0.15) is 4.31 Å². The first-order chi connectivity index (χ1) is 18.5. The molecule has 1 heterocycles. The highest BCUT2D eigenvalue weighted by Crippen LogP contribution is 2.31. The molecule has 206 valence electrons. The number of anilines is 1. The van der Waals surface area contributed by atoms with Crippen molar-refractivity contribution in [3.05, 3.63) is 78.4 Å². The molecule has 3 aromatic rings. The number of hydrogen-bond donors (Lipinski definition) is 1. The molecule has 0 bridgehead atoms. The van der Waals surface area contributed by atoms with E-state index in [2.05, 4.69) is 0 Å². The van der Waals surface area contributed by atoms with Gasteiger partial charge in [-0.1, -0.05) is 12.1 Å². The molecule has 0 aliphatic carbocycles. The molecule has 1 saturated heterocycles. The molecular weight excluding hydrogens is 546 g/mol. The zero-order valence-electron chi connectivity index (χ0n) is 21.2. The van der Waals surface area contributed by atoms with Crippen molar-refractivity contribution in [3.8, 4) is 11.5 Å². The molecule has 3 aromatic carbocycles. The monoisotopic (exact) mass is 573 g/mol. The van der Waals surface area contributed by atoms with E-state index < -0.39 is 37.9 Å². The summed E-state index contributed by atoms with van der Waals surface area (Å²) >= 11 is 0. The highest BCUT2D eigenvalue weighted by Gasteiger charge is 2.46. The Morgan fingerprint density at radius 1 is 0.821 bits per heavy atom. The predicted octanol–water partition coefficient (Wildman–Crippen LogP) is 1.92. The first-order valence-corrected chi connectivity index (χ1v) is 14.7. The molecule has 0 spiro atoms. The number of nitrogens with two attached hydrogens (primary N) is 1. The number of amides is 2. The summed E-state index contributed by atoms with van der Waals surface area (Å²) < 4.78 is 62.0. The van der Waals surface area contributed by atoms with Crippen LogP contribution in [0.4, 0.5) is 5.69 Å². The van der Waals surface area contributed by atoms with E-state index in [0.29, 0.717) is 22.7 Å². The van der Waals surface area contributed by atoms with E-state index in [0.717, 1.165) is 9.21 Å². The molecule has 39 heavy (non-hydrogen) atoms. The van der Waals surface area contributed by atoms with E-state index in [4.69, 9.17) is 14.6 Å². The Morgan fingerprint density at radius 2 is 1.33 bits per heavy atom. The minimum Gasteiger partial charge on any atom is -0.497 e. The second-order valence-corrected chi connectivity index (χ2v) is 12.2. The number of primary sulfonamides is 1. The fraction of sp³-hybridized carbons (Fsp3) is 0.231. The van der Waals surface area contributed by atoms with Crippen LogP contribution in [0.1, 0.15) is 12.0 Å². The quantitative estimate of drug-likeness (QED) is 0.361. The number of benzene rings is 3. The van der Waals surface area contributed by atoms with Gasteiger partial charge in [0.1, 0.15) is 17.5 Å². The van der Waals surface area contributed by atoms with Gasteiger partial charge in [-0.05, 0) is 72.6 Å². The average molecular weight is 574 g/mol. The molecule has 0 radical (unpaired) electrons. The summed E-state index contributed by atoms with van der Waals surface area (Å²) in [5.41, 5.74) is 0.912. The van der Waals surface area contributed by atoms with Gasteiger partial charge in [0.25, 0.3) is 5.91 Å². The van der Waals surface area contributed by atoms with Gasteiger partial charge in [0.2, 0.25) is 26.0 Å². The normalized spacial score (nSPS) is 16.1. The van der Waals surface area contributed by atoms with Crippen molar-refractivity contribution in [3.63, 3.8) is 0 Å². The smallest absolute Gasteiger partial charge is 0.252 e. The van der Waals surface area contributed by atoms with Crippen molar-refractivity contribution in [2.45, 2.75) is 28.7 Å². The Hall–Kier alpha value is -3.78. The number of nitrogens with zero attached hydrogens (tertiary/aromatic N) is 2. The molecule has 1 aliphatic rings. The Labute approximate surface area is 226 Å². The van der Waals surface area contributed by atoms with Crippen molar-refractivity contribution in [1.29, 1.82) is 0 Å². The number of methoxy groups -OCH3 is 2. The fourth-order valence-electron chi connectivity index (χ4n) is 4.26. The molecular formula is C26H27N3O8S2. The average Bonchev–Trinajstić information content (AvgIpc) is 3.21. The van der Waals surface area contributed by atoms with Gasteiger partial charge in [0.05, 0.1) is 36.1 Å². The number of rotatable bonds is 10. The lowest BCUT2D eigenvalue weighted by molar-refractivity contribution is -0.122. The summed E-state index contributed by atoms with van der Waals surface area (Å²) in [6.45, 7) is -0.150. The van der Waals surface area contributed by atoms with E-state index in [1.54, 1.807) is 24.3 Å². The lowest BCUT2D eigenvalue weighted by Gasteiger charge is -2.27. The van der Waals surface area contributed by atoms with Crippen molar-refractivity contribution >= 4 is 37.5 Å². The van der Waals surface area contributed by atoms with E-state index in [1.165, 1.54) is 62.8 Å². The SMILES string of the molecule is COc1ccc(N2C(=O)CC(N(CCc3ccc(S(N)(=O)=O)cc3)S(=O)(=O)c3ccc(OC)cc3)C2=O)cc1. The molecule has 2 amide bonds. The van der Waals surface area contributed by atoms with Gasteiger partial charge in [0.15, 0.2) is 0 Å². The Kier molecular flexibility index (Phi) is 8.07.